The standard InChI is InChI=1S/C18H35N3O3/c1-4-7-13-23-14-9-11-20-18(19-5-2)21-12-8-10-16(15-21)17(22)24-6-3/h16H,4-15H2,1-3H3,(H,19,20). The second-order valence-corrected chi connectivity index (χ2v) is 6.09. The van der Waals surface area contributed by atoms with Crippen LogP contribution in [0.25, 0.3) is 0 Å². The summed E-state index contributed by atoms with van der Waals surface area (Å²) in [6, 6.07) is 0. The highest BCUT2D eigenvalue weighted by Gasteiger charge is 2.28. The molecule has 6 nitrogen and oxygen atoms in total. The molecule has 140 valence electrons. The monoisotopic (exact) mass is 341 g/mol. The van der Waals surface area contributed by atoms with E-state index in [-0.39, 0.29) is 11.9 Å². The number of piperidine rings is 1. The SMILES string of the molecule is CCCCOCCCN=C(NCC)N1CCCC(C(=O)OCC)C1. The Hall–Kier alpha value is -1.30. The van der Waals surface area contributed by atoms with Crippen LogP contribution < -0.4 is 5.32 Å². The van der Waals surface area contributed by atoms with Crippen molar-refractivity contribution in [2.45, 2.75) is 52.9 Å². The van der Waals surface area contributed by atoms with Crippen LogP contribution in [0.5, 0.6) is 0 Å². The van der Waals surface area contributed by atoms with Crippen LogP contribution in [-0.4, -0.2) is 62.8 Å². The number of rotatable bonds is 10. The van der Waals surface area contributed by atoms with Gasteiger partial charge in [-0.15, -0.1) is 0 Å². The van der Waals surface area contributed by atoms with Crippen LogP contribution in [0.1, 0.15) is 52.9 Å². The Kier molecular flexibility index (Phi) is 11.3. The Morgan fingerprint density at radius 2 is 2.04 bits per heavy atom. The van der Waals surface area contributed by atoms with E-state index in [1.165, 1.54) is 6.42 Å². The zero-order valence-electron chi connectivity index (χ0n) is 15.7. The summed E-state index contributed by atoms with van der Waals surface area (Å²) in [5.41, 5.74) is 0. The Morgan fingerprint density at radius 3 is 2.75 bits per heavy atom. The summed E-state index contributed by atoms with van der Waals surface area (Å²) in [5, 5.41) is 3.34. The van der Waals surface area contributed by atoms with Gasteiger partial charge in [-0.05, 0) is 39.5 Å². The molecule has 1 rings (SSSR count). The van der Waals surface area contributed by atoms with Crippen molar-refractivity contribution in [1.82, 2.24) is 10.2 Å². The molecule has 1 saturated heterocycles. The molecule has 0 amide bonds. The highest BCUT2D eigenvalue weighted by atomic mass is 16.5. The third-order valence-electron chi connectivity index (χ3n) is 4.03. The van der Waals surface area contributed by atoms with Crippen molar-refractivity contribution in [2.75, 3.05) is 46.0 Å². The van der Waals surface area contributed by atoms with Crippen molar-refractivity contribution in [3.63, 3.8) is 0 Å². The van der Waals surface area contributed by atoms with Gasteiger partial charge in [-0.3, -0.25) is 9.79 Å². The number of carbonyl (C=O) groups excluding carboxylic acids is 1. The minimum Gasteiger partial charge on any atom is -0.466 e. The van der Waals surface area contributed by atoms with Crippen LogP contribution in [0, 0.1) is 5.92 Å². The molecule has 0 aromatic rings. The first-order valence-corrected chi connectivity index (χ1v) is 9.50. The second kappa shape index (κ2) is 13.0. The number of nitrogens with zero attached hydrogens (tertiary/aromatic N) is 2. The number of aliphatic imine (C=N–C) groups is 1. The summed E-state index contributed by atoms with van der Waals surface area (Å²) in [5.74, 6) is 0.780. The number of nitrogens with one attached hydrogen (secondary N) is 1. The number of hydrogen-bond donors (Lipinski definition) is 1. The summed E-state index contributed by atoms with van der Waals surface area (Å²) >= 11 is 0. The Bertz CT molecular complexity index is 375. The number of ether oxygens (including phenoxy) is 2. The van der Waals surface area contributed by atoms with Crippen molar-refractivity contribution in [1.29, 1.82) is 0 Å². The number of hydrogen-bond acceptors (Lipinski definition) is 4. The Morgan fingerprint density at radius 1 is 1.25 bits per heavy atom. The van der Waals surface area contributed by atoms with Gasteiger partial charge < -0.3 is 19.7 Å². The van der Waals surface area contributed by atoms with Gasteiger partial charge in [0.2, 0.25) is 0 Å². The van der Waals surface area contributed by atoms with Gasteiger partial charge in [-0.25, -0.2) is 0 Å². The first-order valence-electron chi connectivity index (χ1n) is 9.50. The van der Waals surface area contributed by atoms with Crippen LogP contribution in [0.15, 0.2) is 4.99 Å². The molecular weight excluding hydrogens is 306 g/mol. The van der Waals surface area contributed by atoms with Gasteiger partial charge in [0.1, 0.15) is 0 Å². The van der Waals surface area contributed by atoms with Crippen molar-refractivity contribution < 1.29 is 14.3 Å². The molecule has 1 N–H and O–H groups in total. The van der Waals surface area contributed by atoms with Crippen LogP contribution >= 0.6 is 0 Å². The number of likely N-dealkylation sites (tertiary alicyclic amines) is 1. The fourth-order valence-corrected chi connectivity index (χ4v) is 2.75. The minimum absolute atomic E-state index is 0.0417. The predicted molar refractivity (Wildman–Crippen MR) is 97.3 cm³/mol. The first-order chi connectivity index (χ1) is 11.7. The molecule has 1 aliphatic rings. The van der Waals surface area contributed by atoms with Crippen molar-refractivity contribution in [3.8, 4) is 0 Å². The molecule has 6 heteroatoms. The van der Waals surface area contributed by atoms with Gasteiger partial charge in [-0.2, -0.15) is 0 Å². The molecule has 1 heterocycles. The molecule has 0 saturated carbocycles. The molecule has 24 heavy (non-hydrogen) atoms. The lowest BCUT2D eigenvalue weighted by Crippen LogP contribution is -2.48. The third kappa shape index (κ3) is 7.99. The summed E-state index contributed by atoms with van der Waals surface area (Å²) in [7, 11) is 0. The number of esters is 1. The highest BCUT2D eigenvalue weighted by Crippen LogP contribution is 2.18. The molecule has 0 radical (unpaired) electrons. The fourth-order valence-electron chi connectivity index (χ4n) is 2.75. The van der Waals surface area contributed by atoms with Gasteiger partial charge in [0.05, 0.1) is 12.5 Å². The van der Waals surface area contributed by atoms with Crippen LogP contribution in [0.2, 0.25) is 0 Å². The van der Waals surface area contributed by atoms with E-state index in [9.17, 15) is 4.79 Å². The van der Waals surface area contributed by atoms with E-state index < -0.39 is 0 Å². The largest absolute Gasteiger partial charge is 0.466 e. The molecule has 0 aromatic carbocycles. The second-order valence-electron chi connectivity index (χ2n) is 6.09. The maximum atomic E-state index is 12.0. The van der Waals surface area contributed by atoms with E-state index in [0.29, 0.717) is 13.2 Å². The van der Waals surface area contributed by atoms with Gasteiger partial charge in [-0.1, -0.05) is 13.3 Å². The molecule has 0 spiro atoms. The Labute approximate surface area is 147 Å². The van der Waals surface area contributed by atoms with E-state index in [1.54, 1.807) is 0 Å². The average Bonchev–Trinajstić information content (AvgIpc) is 2.60. The van der Waals surface area contributed by atoms with Gasteiger partial charge >= 0.3 is 5.97 Å². The molecule has 1 aliphatic heterocycles. The summed E-state index contributed by atoms with van der Waals surface area (Å²) in [6.07, 6.45) is 5.11. The highest BCUT2D eigenvalue weighted by molar-refractivity contribution is 5.81. The summed E-state index contributed by atoms with van der Waals surface area (Å²) in [4.78, 5) is 18.9. The van der Waals surface area contributed by atoms with Gasteiger partial charge in [0.25, 0.3) is 0 Å². The zero-order valence-corrected chi connectivity index (χ0v) is 15.7. The Balaban J connectivity index is 2.44. The van der Waals surface area contributed by atoms with E-state index >= 15 is 0 Å². The molecular formula is C18H35N3O3. The van der Waals surface area contributed by atoms with Crippen molar-refractivity contribution in [3.05, 3.63) is 0 Å². The lowest BCUT2D eigenvalue weighted by atomic mass is 9.98. The molecule has 1 atom stereocenters. The fraction of sp³-hybridized carbons (Fsp3) is 0.889. The third-order valence-corrected chi connectivity index (χ3v) is 4.03. The van der Waals surface area contributed by atoms with E-state index in [0.717, 1.165) is 64.5 Å². The molecule has 1 fully saturated rings. The molecule has 0 aliphatic carbocycles. The topological polar surface area (TPSA) is 63.2 Å². The van der Waals surface area contributed by atoms with Gasteiger partial charge in [0.15, 0.2) is 5.96 Å². The maximum Gasteiger partial charge on any atom is 0.310 e. The number of unbranched alkanes of at least 4 members (excludes halogenated alkanes) is 1. The van der Waals surface area contributed by atoms with E-state index in [2.05, 4.69) is 24.1 Å². The lowest BCUT2D eigenvalue weighted by molar-refractivity contribution is -0.149. The average molecular weight is 341 g/mol. The molecule has 0 aromatic heterocycles. The van der Waals surface area contributed by atoms with E-state index in [4.69, 9.17) is 14.5 Å². The van der Waals surface area contributed by atoms with Crippen molar-refractivity contribution >= 4 is 11.9 Å². The van der Waals surface area contributed by atoms with Crippen molar-refractivity contribution in [2.24, 2.45) is 10.9 Å². The van der Waals surface area contributed by atoms with Crippen LogP contribution in [-0.2, 0) is 14.3 Å². The zero-order chi connectivity index (χ0) is 17.6. The van der Waals surface area contributed by atoms with Crippen LogP contribution in [0.3, 0.4) is 0 Å². The summed E-state index contributed by atoms with van der Waals surface area (Å²) in [6.45, 7) is 11.3. The quantitative estimate of drug-likeness (QED) is 0.286. The normalized spacial score (nSPS) is 18.5. The molecule has 1 unspecified atom stereocenters. The number of guanidine groups is 1. The maximum absolute atomic E-state index is 12.0. The lowest BCUT2D eigenvalue weighted by Gasteiger charge is -2.34. The first kappa shape index (κ1) is 20.7. The minimum atomic E-state index is -0.0811. The smallest absolute Gasteiger partial charge is 0.310 e. The van der Waals surface area contributed by atoms with Crippen LogP contribution in [0.4, 0.5) is 0 Å². The van der Waals surface area contributed by atoms with Gasteiger partial charge in [0, 0.05) is 39.4 Å². The summed E-state index contributed by atoms with van der Waals surface area (Å²) < 4.78 is 10.7. The predicted octanol–water partition coefficient (Wildman–Crippen LogP) is 2.43. The van der Waals surface area contributed by atoms with E-state index in [1.807, 2.05) is 6.92 Å². The number of carbonyl (C=O) groups is 1. The molecule has 0 bridgehead atoms.